The minimum absolute atomic E-state index is 0.00539. The molecule has 0 unspecified atom stereocenters. The lowest BCUT2D eigenvalue weighted by Gasteiger charge is -2.31. The molecule has 0 spiro atoms. The van der Waals surface area contributed by atoms with Crippen LogP contribution in [0.3, 0.4) is 0 Å². The minimum Gasteiger partial charge on any atom is -0.356 e. The van der Waals surface area contributed by atoms with Gasteiger partial charge in [-0.2, -0.15) is 0 Å². The molecule has 0 aliphatic carbocycles. The number of benzene rings is 1. The molecule has 1 fully saturated rings. The van der Waals surface area contributed by atoms with Crippen LogP contribution in [0, 0.1) is 5.92 Å². The monoisotopic (exact) mass is 356 g/mol. The van der Waals surface area contributed by atoms with Gasteiger partial charge in [-0.15, -0.1) is 0 Å². The average molecular weight is 356 g/mol. The zero-order valence-electron chi connectivity index (χ0n) is 15.0. The average Bonchev–Trinajstić information content (AvgIpc) is 2.68. The van der Waals surface area contributed by atoms with Crippen LogP contribution in [-0.2, 0) is 16.1 Å². The van der Waals surface area contributed by atoms with E-state index in [1.165, 1.54) is 10.8 Å². The van der Waals surface area contributed by atoms with E-state index in [-0.39, 0.29) is 29.8 Å². The van der Waals surface area contributed by atoms with Crippen molar-refractivity contribution in [3.8, 4) is 0 Å². The maximum atomic E-state index is 12.7. The van der Waals surface area contributed by atoms with Crippen molar-refractivity contribution in [2.45, 2.75) is 32.7 Å². The van der Waals surface area contributed by atoms with Gasteiger partial charge in [-0.1, -0.05) is 19.1 Å². The molecule has 1 N–H and O–H groups in total. The van der Waals surface area contributed by atoms with Crippen LogP contribution in [0.2, 0.25) is 0 Å². The maximum Gasteiger partial charge on any atom is 0.269 e. The number of piperidine rings is 1. The first kappa shape index (κ1) is 18.1. The second kappa shape index (κ2) is 8.12. The van der Waals surface area contributed by atoms with E-state index in [0.29, 0.717) is 43.5 Å². The summed E-state index contributed by atoms with van der Waals surface area (Å²) in [5.74, 6) is -0.0544. The first-order valence-electron chi connectivity index (χ1n) is 9.10. The number of carbonyl (C=O) groups excluding carboxylic acids is 2. The van der Waals surface area contributed by atoms with E-state index in [1.54, 1.807) is 11.0 Å². The Morgan fingerprint density at radius 1 is 1.23 bits per heavy atom. The molecule has 7 heteroatoms. The number of carbonyl (C=O) groups is 2. The largest absolute Gasteiger partial charge is 0.356 e. The van der Waals surface area contributed by atoms with Crippen LogP contribution in [0.5, 0.6) is 0 Å². The first-order chi connectivity index (χ1) is 12.6. The first-order valence-corrected chi connectivity index (χ1v) is 9.10. The maximum absolute atomic E-state index is 12.7. The fraction of sp³-hybridized carbons (Fsp3) is 0.474. The predicted octanol–water partition coefficient (Wildman–Crippen LogP) is 1.16. The normalized spacial score (nSPS) is 15.2. The smallest absolute Gasteiger partial charge is 0.269 e. The quantitative estimate of drug-likeness (QED) is 0.871. The predicted molar refractivity (Wildman–Crippen MR) is 98.6 cm³/mol. The number of nitrogens with one attached hydrogen (secondary N) is 1. The Morgan fingerprint density at radius 3 is 2.69 bits per heavy atom. The Hall–Kier alpha value is -2.70. The molecule has 0 radical (unpaired) electrons. The molecule has 0 saturated carbocycles. The molecule has 0 bridgehead atoms. The van der Waals surface area contributed by atoms with E-state index in [9.17, 15) is 14.4 Å². The highest BCUT2D eigenvalue weighted by atomic mass is 16.2. The number of rotatable bonds is 5. The minimum atomic E-state index is -0.286. The topological polar surface area (TPSA) is 84.3 Å². The zero-order chi connectivity index (χ0) is 18.5. The Morgan fingerprint density at radius 2 is 1.96 bits per heavy atom. The van der Waals surface area contributed by atoms with Crippen LogP contribution in [0.4, 0.5) is 0 Å². The third-order valence-corrected chi connectivity index (χ3v) is 4.81. The van der Waals surface area contributed by atoms with E-state index in [4.69, 9.17) is 0 Å². The van der Waals surface area contributed by atoms with Gasteiger partial charge < -0.3 is 10.2 Å². The van der Waals surface area contributed by atoms with E-state index >= 15 is 0 Å². The van der Waals surface area contributed by atoms with Crippen LogP contribution in [-0.4, -0.2) is 45.9 Å². The molecule has 1 aliphatic heterocycles. The van der Waals surface area contributed by atoms with Gasteiger partial charge in [0.15, 0.2) is 0 Å². The van der Waals surface area contributed by atoms with Crippen molar-refractivity contribution in [3.05, 3.63) is 40.8 Å². The van der Waals surface area contributed by atoms with E-state index < -0.39 is 0 Å². The Bertz CT molecular complexity index is 853. The summed E-state index contributed by atoms with van der Waals surface area (Å²) in [5, 5.41) is 2.92. The number of hydrogen-bond donors (Lipinski definition) is 1. The number of para-hydroxylation sites is 2. The summed E-state index contributed by atoms with van der Waals surface area (Å²) in [5.41, 5.74) is 1.05. The van der Waals surface area contributed by atoms with Gasteiger partial charge in [0, 0.05) is 25.6 Å². The summed E-state index contributed by atoms with van der Waals surface area (Å²) >= 11 is 0. The summed E-state index contributed by atoms with van der Waals surface area (Å²) in [6.07, 6.45) is 3.48. The van der Waals surface area contributed by atoms with Crippen molar-refractivity contribution in [2.75, 3.05) is 19.6 Å². The third kappa shape index (κ3) is 3.92. The fourth-order valence-electron chi connectivity index (χ4n) is 3.30. The molecule has 2 amide bonds. The molecule has 3 rings (SSSR count). The highest BCUT2D eigenvalue weighted by Crippen LogP contribution is 2.18. The van der Waals surface area contributed by atoms with Crippen molar-refractivity contribution in [3.63, 3.8) is 0 Å². The van der Waals surface area contributed by atoms with Gasteiger partial charge in [0.05, 0.1) is 17.2 Å². The van der Waals surface area contributed by atoms with Crippen LogP contribution in [0.15, 0.2) is 35.3 Å². The molecular formula is C19H24N4O3. The van der Waals surface area contributed by atoms with Gasteiger partial charge >= 0.3 is 0 Å². The number of fused-ring (bicyclic) bond motifs is 1. The van der Waals surface area contributed by atoms with Crippen LogP contribution in [0.1, 0.15) is 26.2 Å². The fourth-order valence-corrected chi connectivity index (χ4v) is 3.30. The van der Waals surface area contributed by atoms with Crippen molar-refractivity contribution < 1.29 is 9.59 Å². The summed E-state index contributed by atoms with van der Waals surface area (Å²) in [6.45, 7) is 3.79. The van der Waals surface area contributed by atoms with Gasteiger partial charge in [0.25, 0.3) is 5.56 Å². The molecule has 1 aliphatic rings. The molecule has 2 heterocycles. The number of amides is 2. The summed E-state index contributed by atoms with van der Waals surface area (Å²) < 4.78 is 1.46. The number of aromatic nitrogens is 2. The highest BCUT2D eigenvalue weighted by molar-refractivity contribution is 5.81. The molecule has 0 atom stereocenters. The molecule has 1 saturated heterocycles. The Balaban J connectivity index is 1.65. The second-order valence-corrected chi connectivity index (χ2v) is 6.62. The molecule has 7 nitrogen and oxygen atoms in total. The van der Waals surface area contributed by atoms with Gasteiger partial charge in [0.2, 0.25) is 11.8 Å². The highest BCUT2D eigenvalue weighted by Gasteiger charge is 2.27. The van der Waals surface area contributed by atoms with Crippen molar-refractivity contribution in [1.29, 1.82) is 0 Å². The molecule has 26 heavy (non-hydrogen) atoms. The van der Waals surface area contributed by atoms with Crippen LogP contribution >= 0.6 is 0 Å². The molecule has 138 valence electrons. The molecule has 1 aromatic heterocycles. The van der Waals surface area contributed by atoms with Crippen molar-refractivity contribution >= 4 is 22.8 Å². The third-order valence-electron chi connectivity index (χ3n) is 4.81. The van der Waals surface area contributed by atoms with Crippen molar-refractivity contribution in [2.24, 2.45) is 5.92 Å². The van der Waals surface area contributed by atoms with E-state index in [2.05, 4.69) is 10.3 Å². The lowest BCUT2D eigenvalue weighted by molar-refractivity contribution is -0.136. The van der Waals surface area contributed by atoms with Crippen molar-refractivity contribution in [1.82, 2.24) is 19.8 Å². The lowest BCUT2D eigenvalue weighted by Crippen LogP contribution is -2.44. The van der Waals surface area contributed by atoms with Gasteiger partial charge in [-0.3, -0.25) is 19.0 Å². The van der Waals surface area contributed by atoms with Crippen LogP contribution in [0.25, 0.3) is 11.0 Å². The van der Waals surface area contributed by atoms with Gasteiger partial charge in [0.1, 0.15) is 6.54 Å². The summed E-state index contributed by atoms with van der Waals surface area (Å²) in [4.78, 5) is 42.7. The summed E-state index contributed by atoms with van der Waals surface area (Å²) in [6, 6.07) is 7.28. The second-order valence-electron chi connectivity index (χ2n) is 6.62. The van der Waals surface area contributed by atoms with Gasteiger partial charge in [-0.25, -0.2) is 4.98 Å². The standard InChI is InChI=1S/C19H24N4O3/c1-2-9-20-19(26)14-7-10-22(11-8-14)18(25)13-23-16-6-4-3-5-15(16)21-12-17(23)24/h3-6,12,14H,2,7-11,13H2,1H3,(H,20,26). The zero-order valence-corrected chi connectivity index (χ0v) is 15.0. The Labute approximate surface area is 152 Å². The lowest BCUT2D eigenvalue weighted by atomic mass is 9.96. The number of likely N-dealkylation sites (tertiary alicyclic amines) is 1. The Kier molecular flexibility index (Phi) is 5.65. The molecule has 2 aromatic rings. The van der Waals surface area contributed by atoms with E-state index in [0.717, 1.165) is 6.42 Å². The molecule has 1 aromatic carbocycles. The SMILES string of the molecule is CCCNC(=O)C1CCN(C(=O)Cn2c(=O)cnc3ccccc32)CC1. The van der Waals surface area contributed by atoms with Crippen LogP contribution < -0.4 is 10.9 Å². The number of hydrogen-bond acceptors (Lipinski definition) is 4. The molecular weight excluding hydrogens is 332 g/mol. The summed E-state index contributed by atoms with van der Waals surface area (Å²) in [7, 11) is 0. The number of nitrogens with zero attached hydrogens (tertiary/aromatic N) is 3. The van der Waals surface area contributed by atoms with Gasteiger partial charge in [-0.05, 0) is 31.4 Å². The van der Waals surface area contributed by atoms with E-state index in [1.807, 2.05) is 25.1 Å².